The van der Waals surface area contributed by atoms with Crippen LogP contribution in [0.5, 0.6) is 5.75 Å². The number of nitrogens with zero attached hydrogens (tertiary/aromatic N) is 3. The predicted molar refractivity (Wildman–Crippen MR) is 168 cm³/mol. The molecular weight excluding hydrogens is 554 g/mol. The van der Waals surface area contributed by atoms with Crippen LogP contribution in [0.3, 0.4) is 0 Å². The zero-order chi connectivity index (χ0) is 31.2. The normalized spacial score (nSPS) is 14.8. The van der Waals surface area contributed by atoms with Crippen LogP contribution in [0, 0.1) is 6.92 Å². The second-order valence-corrected chi connectivity index (χ2v) is 14.0. The number of benzene rings is 2. The predicted octanol–water partition coefficient (Wildman–Crippen LogP) is 4.35. The lowest BCUT2D eigenvalue weighted by molar-refractivity contribution is 0.102. The number of amides is 1. The summed E-state index contributed by atoms with van der Waals surface area (Å²) in [5.41, 5.74) is 10.5. The Balaban J connectivity index is 1.65. The fraction of sp³-hybridized carbons (Fsp3) is 0.400. The Kier molecular flexibility index (Phi) is 8.09. The maximum Gasteiger partial charge on any atom is 0.255 e. The highest BCUT2D eigenvalue weighted by Gasteiger charge is 2.43. The fourth-order valence-corrected chi connectivity index (χ4v) is 5.36. The molecule has 11 nitrogen and oxygen atoms in total. The van der Waals surface area contributed by atoms with E-state index >= 15 is 0 Å². The molecule has 1 fully saturated rings. The van der Waals surface area contributed by atoms with Crippen molar-refractivity contribution in [2.75, 3.05) is 28.4 Å². The molecule has 1 saturated carbocycles. The zero-order valence-electron chi connectivity index (χ0n) is 25.5. The van der Waals surface area contributed by atoms with Crippen molar-refractivity contribution in [1.82, 2.24) is 9.55 Å². The van der Waals surface area contributed by atoms with Gasteiger partial charge in [-0.05, 0) is 60.6 Å². The van der Waals surface area contributed by atoms with Gasteiger partial charge in [-0.1, -0.05) is 33.8 Å². The number of nitrogens with two attached hydrogens (primary N) is 2. The van der Waals surface area contributed by atoms with Crippen LogP contribution >= 0.6 is 0 Å². The SMILES string of the molecule is COc1c(NC(=O)c2ccc(C)c(N(N)/C=C(\N)c3cnc(C4(C)CC4)n3C)c2)cc(C(C)(C)C)cc1NS(C)(=O)=O. The van der Waals surface area contributed by atoms with Crippen LogP contribution in [0.15, 0.2) is 42.7 Å². The summed E-state index contributed by atoms with van der Waals surface area (Å²) < 4.78 is 34.1. The molecule has 1 heterocycles. The van der Waals surface area contributed by atoms with Gasteiger partial charge in [0, 0.05) is 24.2 Å². The molecule has 0 unspecified atom stereocenters. The molecule has 6 N–H and O–H groups in total. The number of carbonyl (C=O) groups excluding carboxylic acids is 1. The van der Waals surface area contributed by atoms with E-state index in [4.69, 9.17) is 16.3 Å². The number of ether oxygens (including phenoxy) is 1. The van der Waals surface area contributed by atoms with Crippen LogP contribution in [0.25, 0.3) is 5.70 Å². The van der Waals surface area contributed by atoms with Gasteiger partial charge in [0.05, 0.1) is 48.0 Å². The Morgan fingerprint density at radius 3 is 2.40 bits per heavy atom. The number of hydrogen-bond donors (Lipinski definition) is 4. The molecule has 0 spiro atoms. The van der Waals surface area contributed by atoms with Crippen molar-refractivity contribution in [3.8, 4) is 5.75 Å². The number of imidazole rings is 1. The number of rotatable bonds is 9. The molecule has 1 aliphatic rings. The average molecular weight is 596 g/mol. The quantitative estimate of drug-likeness (QED) is 0.210. The number of aryl methyl sites for hydroxylation is 1. The summed E-state index contributed by atoms with van der Waals surface area (Å²) in [6.07, 6.45) is 6.61. The van der Waals surface area contributed by atoms with Crippen LogP contribution < -0.4 is 31.4 Å². The third-order valence-corrected chi connectivity index (χ3v) is 8.14. The van der Waals surface area contributed by atoms with E-state index in [0.717, 1.165) is 41.7 Å². The first-order valence-electron chi connectivity index (χ1n) is 13.6. The number of sulfonamides is 1. The van der Waals surface area contributed by atoms with Crippen molar-refractivity contribution in [3.63, 3.8) is 0 Å². The number of nitrogens with one attached hydrogen (secondary N) is 2. The highest BCUT2D eigenvalue weighted by molar-refractivity contribution is 7.92. The van der Waals surface area contributed by atoms with Gasteiger partial charge in [-0.15, -0.1) is 0 Å². The summed E-state index contributed by atoms with van der Waals surface area (Å²) >= 11 is 0. The van der Waals surface area contributed by atoms with Gasteiger partial charge in [-0.25, -0.2) is 19.2 Å². The van der Waals surface area contributed by atoms with Crippen molar-refractivity contribution in [3.05, 3.63) is 70.9 Å². The largest absolute Gasteiger partial charge is 0.492 e. The Morgan fingerprint density at radius 1 is 1.19 bits per heavy atom. The van der Waals surface area contributed by atoms with E-state index in [1.807, 2.05) is 39.3 Å². The summed E-state index contributed by atoms with van der Waals surface area (Å²) in [5, 5.41) is 4.28. The second kappa shape index (κ2) is 11.0. The molecule has 12 heteroatoms. The minimum Gasteiger partial charge on any atom is -0.492 e. The molecule has 226 valence electrons. The fourth-order valence-electron chi connectivity index (χ4n) is 4.81. The minimum atomic E-state index is -3.61. The lowest BCUT2D eigenvalue weighted by Gasteiger charge is -2.24. The number of carbonyl (C=O) groups is 1. The number of methoxy groups -OCH3 is 1. The lowest BCUT2D eigenvalue weighted by Crippen LogP contribution is -2.27. The van der Waals surface area contributed by atoms with Crippen molar-refractivity contribution in [1.29, 1.82) is 0 Å². The number of aromatic nitrogens is 2. The van der Waals surface area contributed by atoms with E-state index in [9.17, 15) is 13.2 Å². The van der Waals surface area contributed by atoms with E-state index in [1.165, 1.54) is 12.1 Å². The van der Waals surface area contributed by atoms with Gasteiger partial charge in [-0.2, -0.15) is 0 Å². The van der Waals surface area contributed by atoms with Gasteiger partial charge in [-0.3, -0.25) is 14.5 Å². The number of anilines is 3. The van der Waals surface area contributed by atoms with Gasteiger partial charge in [0.1, 0.15) is 5.82 Å². The van der Waals surface area contributed by atoms with E-state index in [-0.39, 0.29) is 22.3 Å². The van der Waals surface area contributed by atoms with Gasteiger partial charge in [0.2, 0.25) is 10.0 Å². The molecule has 1 aliphatic carbocycles. The highest BCUT2D eigenvalue weighted by atomic mass is 32.2. The summed E-state index contributed by atoms with van der Waals surface area (Å²) in [6, 6.07) is 8.64. The third-order valence-electron chi connectivity index (χ3n) is 7.55. The van der Waals surface area contributed by atoms with Crippen molar-refractivity contribution in [2.24, 2.45) is 18.6 Å². The van der Waals surface area contributed by atoms with Gasteiger partial charge in [0.15, 0.2) is 5.75 Å². The maximum absolute atomic E-state index is 13.5. The molecule has 2 aromatic carbocycles. The number of hydrazine groups is 1. The third kappa shape index (κ3) is 6.55. The standard InChI is InChI=1S/C30H41N7O4S/c1-18-9-10-19(13-24(18)37(32)17-21(31)25-16-33-28(36(25)6)30(5)11-12-30)27(38)34-22-14-20(29(2,3)4)15-23(26(22)41-7)35-42(8,39)40/h9-10,13-17,35H,11-12,31-32H2,1-8H3,(H,34,38)/b21-17-. The molecule has 4 rings (SSSR count). The summed E-state index contributed by atoms with van der Waals surface area (Å²) in [4.78, 5) is 18.1. The number of hydrogen-bond acceptors (Lipinski definition) is 8. The molecule has 0 bridgehead atoms. The Hall–Kier alpha value is -4.03. The van der Waals surface area contributed by atoms with Crippen LogP contribution in [0.4, 0.5) is 17.1 Å². The maximum atomic E-state index is 13.5. The molecule has 0 saturated heterocycles. The molecule has 1 amide bonds. The first-order valence-corrected chi connectivity index (χ1v) is 15.5. The average Bonchev–Trinajstić information content (AvgIpc) is 3.49. The topological polar surface area (TPSA) is 158 Å². The van der Waals surface area contributed by atoms with Crippen molar-refractivity contribution >= 4 is 38.7 Å². The first-order chi connectivity index (χ1) is 19.4. The zero-order valence-corrected chi connectivity index (χ0v) is 26.3. The molecule has 0 aliphatic heterocycles. The van der Waals surface area contributed by atoms with Crippen molar-refractivity contribution < 1.29 is 17.9 Å². The van der Waals surface area contributed by atoms with Gasteiger partial charge in [0.25, 0.3) is 5.91 Å². The second-order valence-electron chi connectivity index (χ2n) is 12.3. The van der Waals surface area contributed by atoms with Gasteiger partial charge >= 0.3 is 0 Å². The van der Waals surface area contributed by atoms with Crippen LogP contribution in [-0.2, 0) is 27.9 Å². The van der Waals surface area contributed by atoms with Crippen LogP contribution in [0.1, 0.15) is 73.5 Å². The molecule has 0 atom stereocenters. The Bertz CT molecular complexity index is 1670. The van der Waals surface area contributed by atoms with E-state index in [2.05, 4.69) is 21.9 Å². The Morgan fingerprint density at radius 2 is 1.83 bits per heavy atom. The molecule has 1 aromatic heterocycles. The first kappa shape index (κ1) is 30.9. The monoisotopic (exact) mass is 595 g/mol. The minimum absolute atomic E-state index is 0.0880. The van der Waals surface area contributed by atoms with E-state index < -0.39 is 15.9 Å². The molecular formula is C30H41N7O4S. The Labute approximate surface area is 248 Å². The molecule has 0 radical (unpaired) electrons. The van der Waals surface area contributed by atoms with E-state index in [1.54, 1.807) is 42.7 Å². The molecule has 3 aromatic rings. The lowest BCUT2D eigenvalue weighted by atomic mass is 9.86. The van der Waals surface area contributed by atoms with Crippen molar-refractivity contribution in [2.45, 2.75) is 58.3 Å². The summed E-state index contributed by atoms with van der Waals surface area (Å²) in [5.74, 6) is 7.20. The smallest absolute Gasteiger partial charge is 0.255 e. The summed E-state index contributed by atoms with van der Waals surface area (Å²) in [7, 11) is -0.250. The molecule has 42 heavy (non-hydrogen) atoms. The van der Waals surface area contributed by atoms with Crippen LogP contribution in [0.2, 0.25) is 0 Å². The summed E-state index contributed by atoms with van der Waals surface area (Å²) in [6.45, 7) is 10.0. The van der Waals surface area contributed by atoms with Crippen LogP contribution in [-0.4, -0.2) is 37.2 Å². The van der Waals surface area contributed by atoms with E-state index in [0.29, 0.717) is 22.6 Å². The van der Waals surface area contributed by atoms with Gasteiger partial charge < -0.3 is 20.4 Å². The highest BCUT2D eigenvalue weighted by Crippen LogP contribution is 2.47.